The third kappa shape index (κ3) is 10.3. The summed E-state index contributed by atoms with van der Waals surface area (Å²) in [6.45, 7) is 5.60. The van der Waals surface area contributed by atoms with E-state index in [2.05, 4.69) is 41.1 Å². The molecule has 5 heterocycles. The van der Waals surface area contributed by atoms with E-state index in [4.69, 9.17) is 4.74 Å². The Morgan fingerprint density at radius 2 is 1.57 bits per heavy atom. The molecule has 2 fully saturated rings. The van der Waals surface area contributed by atoms with E-state index in [1.807, 2.05) is 63.9 Å². The fourth-order valence-electron chi connectivity index (χ4n) is 11.2. The number of hydrogen-bond donors (Lipinski definition) is 1. The second kappa shape index (κ2) is 21.3. The topological polar surface area (TPSA) is 131 Å². The minimum atomic E-state index is -3.04. The molecule has 0 spiro atoms. The van der Waals surface area contributed by atoms with Crippen LogP contribution in [0.1, 0.15) is 104 Å². The number of phenols is 1. The van der Waals surface area contributed by atoms with E-state index in [9.17, 15) is 23.9 Å². The molecule has 4 aromatic carbocycles. The predicted octanol–water partition coefficient (Wildman–Crippen LogP) is 9.71. The lowest BCUT2D eigenvalue weighted by Gasteiger charge is -2.41. The van der Waals surface area contributed by atoms with Crippen molar-refractivity contribution in [2.24, 2.45) is 7.05 Å². The Hall–Kier alpha value is -7.28. The van der Waals surface area contributed by atoms with Crippen LogP contribution in [0.5, 0.6) is 11.5 Å². The molecule has 6 aromatic rings. The van der Waals surface area contributed by atoms with Crippen molar-refractivity contribution in [3.05, 3.63) is 153 Å². The van der Waals surface area contributed by atoms with Crippen LogP contribution in [-0.4, -0.2) is 110 Å². The summed E-state index contributed by atoms with van der Waals surface area (Å²) in [5, 5.41) is 20.1. The highest BCUT2D eigenvalue weighted by Gasteiger charge is 2.36. The van der Waals surface area contributed by atoms with E-state index in [-0.39, 0.29) is 52.7 Å². The van der Waals surface area contributed by atoms with Gasteiger partial charge < -0.3 is 34.0 Å². The van der Waals surface area contributed by atoms with Gasteiger partial charge in [0.2, 0.25) is 5.91 Å². The van der Waals surface area contributed by atoms with Crippen LogP contribution in [0.2, 0.25) is 0 Å². The molecule has 1 N–H and O–H groups in total. The van der Waals surface area contributed by atoms with Crippen molar-refractivity contribution in [3.8, 4) is 28.8 Å². The number of likely N-dealkylation sites (tertiary alicyclic amines) is 1. The number of aromatic nitrogens is 2. The average Bonchev–Trinajstić information content (AvgIpc) is 4.16. The SMILES string of the molecule is Cc1c(C(=O)N(c2ccc(O)cc2)c2cc(C#N)n(C(F)F)c2C)cc(-c2cc3c(cc2C(=O)N2Cc4ccccc4C[C@H]2CN2CCCCC2)CN(C(=O)Cc2ccc(OCCN(C)C4CC4)cc2)CC3)n1C. The zero-order valence-electron chi connectivity index (χ0n) is 42.7. The summed E-state index contributed by atoms with van der Waals surface area (Å²) >= 11 is 0. The Bertz CT molecular complexity index is 3110. The van der Waals surface area contributed by atoms with Crippen molar-refractivity contribution in [1.29, 1.82) is 5.26 Å². The van der Waals surface area contributed by atoms with E-state index in [1.165, 1.54) is 67.0 Å². The first-order valence-electron chi connectivity index (χ1n) is 25.9. The first-order chi connectivity index (χ1) is 35.8. The number of phenolic OH excluding ortho intramolecular Hbond substituents is 1. The van der Waals surface area contributed by atoms with Crippen LogP contribution in [0.15, 0.2) is 97.1 Å². The molecule has 2 aromatic heterocycles. The lowest BCUT2D eigenvalue weighted by molar-refractivity contribution is -0.131. The van der Waals surface area contributed by atoms with Crippen molar-refractivity contribution < 1.29 is 33.0 Å². The van der Waals surface area contributed by atoms with Crippen molar-refractivity contribution in [1.82, 2.24) is 28.7 Å². The number of amides is 3. The number of benzene rings is 4. The minimum absolute atomic E-state index is 0.00887. The van der Waals surface area contributed by atoms with Gasteiger partial charge >= 0.3 is 6.55 Å². The molecule has 0 radical (unpaired) electrons. The Kier molecular flexibility index (Phi) is 14.5. The molecule has 1 saturated heterocycles. The second-order valence-corrected chi connectivity index (χ2v) is 20.5. The van der Waals surface area contributed by atoms with Gasteiger partial charge in [-0.1, -0.05) is 42.8 Å². The number of carbonyl (C=O) groups is 3. The van der Waals surface area contributed by atoms with E-state index < -0.39 is 12.5 Å². The highest BCUT2D eigenvalue weighted by Crippen LogP contribution is 2.40. The predicted molar refractivity (Wildman–Crippen MR) is 280 cm³/mol. The first kappa shape index (κ1) is 50.3. The molecule has 1 aliphatic carbocycles. The molecule has 0 unspecified atom stereocenters. The van der Waals surface area contributed by atoms with Gasteiger partial charge in [0.05, 0.1) is 17.7 Å². The van der Waals surface area contributed by atoms with Gasteiger partial charge in [-0.3, -0.25) is 23.9 Å². The molecule has 74 heavy (non-hydrogen) atoms. The van der Waals surface area contributed by atoms with E-state index in [0.717, 1.165) is 67.0 Å². The monoisotopic (exact) mass is 1000 g/mol. The summed E-state index contributed by atoms with van der Waals surface area (Å²) < 4.78 is 37.4. The molecule has 10 rings (SSSR count). The summed E-state index contributed by atoms with van der Waals surface area (Å²) in [7, 11) is 3.97. The maximum atomic E-state index is 15.8. The van der Waals surface area contributed by atoms with Gasteiger partial charge in [0.15, 0.2) is 0 Å². The third-order valence-corrected chi connectivity index (χ3v) is 15.8. The number of anilines is 2. The lowest BCUT2D eigenvalue weighted by atomic mass is 9.89. The van der Waals surface area contributed by atoms with Crippen molar-refractivity contribution in [2.45, 2.75) is 96.9 Å². The van der Waals surface area contributed by atoms with Gasteiger partial charge in [-0.15, -0.1) is 0 Å². The molecular weight excluding hydrogens is 939 g/mol. The van der Waals surface area contributed by atoms with E-state index >= 15 is 9.59 Å². The smallest absolute Gasteiger partial charge is 0.319 e. The van der Waals surface area contributed by atoms with Crippen LogP contribution in [0.3, 0.4) is 0 Å². The quantitative estimate of drug-likeness (QED) is 0.108. The number of halogens is 2. The van der Waals surface area contributed by atoms with Gasteiger partial charge in [-0.25, -0.2) is 0 Å². The number of likely N-dealkylation sites (N-methyl/N-ethyl adjacent to an activating group) is 1. The molecule has 0 bridgehead atoms. The first-order valence-corrected chi connectivity index (χ1v) is 25.9. The summed E-state index contributed by atoms with van der Waals surface area (Å²) in [5.74, 6) is 0.0118. The zero-order valence-corrected chi connectivity index (χ0v) is 42.7. The zero-order chi connectivity index (χ0) is 51.8. The second-order valence-electron chi connectivity index (χ2n) is 20.5. The van der Waals surface area contributed by atoms with Gasteiger partial charge in [-0.05, 0) is 161 Å². The highest BCUT2D eigenvalue weighted by molar-refractivity contribution is 6.13. The van der Waals surface area contributed by atoms with Gasteiger partial charge in [0.25, 0.3) is 11.8 Å². The van der Waals surface area contributed by atoms with Crippen LogP contribution in [-0.2, 0) is 44.2 Å². The molecule has 1 atom stereocenters. The standard InChI is InChI=1S/C59H64F2N8O5/c1-38-51(58(73)69(46-16-18-49(70)19-17-46)54-32-47(34-62)68(39(54)2)59(60)61)33-55(64(38)4)52-30-42-22-25-66(56(71)28-40-12-20-50(21-13-40)74-27-26-63(3)45-14-15-45)35-44(42)31-53(52)57(72)67-36-43-11-7-6-10-41(43)29-48(67)37-65-23-8-5-9-24-65/h6-7,10-13,16-21,30-33,45,48,59,70H,5,8-9,14-15,22-29,35-37H2,1-4H3/t48-/m0/s1. The molecule has 384 valence electrons. The number of alkyl halides is 2. The van der Waals surface area contributed by atoms with E-state index in [1.54, 1.807) is 13.0 Å². The number of rotatable bonds is 15. The number of nitriles is 1. The molecule has 3 amide bonds. The molecule has 4 aliphatic rings. The number of piperidine rings is 1. The number of nitrogens with zero attached hydrogens (tertiary/aromatic N) is 8. The van der Waals surface area contributed by atoms with Crippen LogP contribution >= 0.6 is 0 Å². The summed E-state index contributed by atoms with van der Waals surface area (Å²) in [5.41, 5.74) is 7.68. The molecule has 3 aliphatic heterocycles. The van der Waals surface area contributed by atoms with E-state index in [0.29, 0.717) is 77.9 Å². The van der Waals surface area contributed by atoms with Gasteiger partial charge in [0.1, 0.15) is 29.9 Å². The lowest BCUT2D eigenvalue weighted by Crippen LogP contribution is -2.51. The summed E-state index contributed by atoms with van der Waals surface area (Å²) in [6, 6.07) is 31.4. The van der Waals surface area contributed by atoms with Crippen LogP contribution < -0.4 is 9.64 Å². The van der Waals surface area contributed by atoms with Crippen molar-refractivity contribution in [3.63, 3.8) is 0 Å². The van der Waals surface area contributed by atoms with Crippen molar-refractivity contribution in [2.75, 3.05) is 51.3 Å². The fourth-order valence-corrected chi connectivity index (χ4v) is 11.2. The van der Waals surface area contributed by atoms with Crippen LogP contribution in [0.25, 0.3) is 11.3 Å². The Labute approximate surface area is 431 Å². The Morgan fingerprint density at radius 1 is 0.838 bits per heavy atom. The average molecular weight is 1000 g/mol. The maximum absolute atomic E-state index is 15.8. The number of fused-ring (bicyclic) bond motifs is 2. The normalized spacial score (nSPS) is 16.8. The third-order valence-electron chi connectivity index (χ3n) is 15.8. The Balaban J connectivity index is 1.00. The highest BCUT2D eigenvalue weighted by atomic mass is 19.3. The number of carbonyl (C=O) groups excluding carboxylic acids is 3. The molecule has 1 saturated carbocycles. The fraction of sp³-hybridized carbons (Fsp3) is 0.390. The van der Waals surface area contributed by atoms with Gasteiger partial charge in [0, 0.05) is 85.8 Å². The molecule has 15 heteroatoms. The van der Waals surface area contributed by atoms with Crippen LogP contribution in [0, 0.1) is 25.2 Å². The minimum Gasteiger partial charge on any atom is -0.508 e. The Morgan fingerprint density at radius 3 is 2.26 bits per heavy atom. The molecule has 13 nitrogen and oxygen atoms in total. The van der Waals surface area contributed by atoms with Crippen LogP contribution in [0.4, 0.5) is 20.2 Å². The van der Waals surface area contributed by atoms with Gasteiger partial charge in [-0.2, -0.15) is 14.0 Å². The maximum Gasteiger partial charge on any atom is 0.319 e. The number of hydrogen-bond acceptors (Lipinski definition) is 8. The summed E-state index contributed by atoms with van der Waals surface area (Å²) in [6.07, 6.45) is 7.41. The number of ether oxygens (including phenoxy) is 1. The molecular formula is C59H64F2N8O5. The summed E-state index contributed by atoms with van der Waals surface area (Å²) in [4.78, 5) is 55.1. The van der Waals surface area contributed by atoms with Crippen molar-refractivity contribution >= 4 is 29.1 Å². The number of aromatic hydroxyl groups is 1. The largest absolute Gasteiger partial charge is 0.508 e.